The average Bonchev–Trinajstić information content (AvgIpc) is 2.45. The van der Waals surface area contributed by atoms with E-state index in [2.05, 4.69) is 4.90 Å². The second kappa shape index (κ2) is 6.51. The first kappa shape index (κ1) is 16.5. The molecule has 2 rings (SSSR count). The van der Waals surface area contributed by atoms with Crippen molar-refractivity contribution in [2.75, 3.05) is 32.7 Å². The predicted octanol–water partition coefficient (Wildman–Crippen LogP) is 3.09. The Morgan fingerprint density at radius 1 is 1.24 bits per heavy atom. The van der Waals surface area contributed by atoms with E-state index in [9.17, 15) is 18.0 Å². The van der Waals surface area contributed by atoms with Crippen LogP contribution in [0.4, 0.5) is 13.2 Å². The molecule has 0 N–H and O–H groups in total. The molecule has 1 aliphatic heterocycles. The summed E-state index contributed by atoms with van der Waals surface area (Å²) in [4.78, 5) is 16.1. The molecule has 1 aromatic carbocycles. The first-order valence-corrected chi connectivity index (χ1v) is 7.79. The minimum atomic E-state index is -4.52. The Bertz CT molecular complexity index is 525. The molecule has 1 aromatic rings. The standard InChI is InChI=1S/C14H16F3IN2O/c1-2-19-5-7-20(8-6-19)13(21)11-4-3-10(18)9-12(11)14(15,16)17/h3-4,9H,2,5-8H2,1H3. The third-order valence-corrected chi connectivity index (χ3v) is 4.30. The number of carbonyl (C=O) groups excluding carboxylic acids is 1. The van der Waals surface area contributed by atoms with Gasteiger partial charge in [0.05, 0.1) is 11.1 Å². The van der Waals surface area contributed by atoms with E-state index in [1.54, 1.807) is 0 Å². The molecule has 1 saturated heterocycles. The normalized spacial score (nSPS) is 17.1. The molecule has 0 radical (unpaired) electrons. The summed E-state index contributed by atoms with van der Waals surface area (Å²) in [5.41, 5.74) is -1.11. The van der Waals surface area contributed by atoms with Gasteiger partial charge in [-0.2, -0.15) is 13.2 Å². The number of halogens is 4. The first-order valence-electron chi connectivity index (χ1n) is 6.71. The van der Waals surface area contributed by atoms with Crippen molar-refractivity contribution in [3.63, 3.8) is 0 Å². The Kier molecular flexibility index (Phi) is 5.13. The Morgan fingerprint density at radius 3 is 2.38 bits per heavy atom. The van der Waals surface area contributed by atoms with Crippen LogP contribution in [0.2, 0.25) is 0 Å². The summed E-state index contributed by atoms with van der Waals surface area (Å²) >= 11 is 1.82. The first-order chi connectivity index (χ1) is 9.82. The van der Waals surface area contributed by atoms with E-state index in [-0.39, 0.29) is 5.56 Å². The van der Waals surface area contributed by atoms with Crippen LogP contribution in [0.25, 0.3) is 0 Å². The van der Waals surface area contributed by atoms with Gasteiger partial charge < -0.3 is 9.80 Å². The largest absolute Gasteiger partial charge is 0.417 e. The highest BCUT2D eigenvalue weighted by molar-refractivity contribution is 14.1. The average molecular weight is 412 g/mol. The second-order valence-corrected chi connectivity index (χ2v) is 6.16. The van der Waals surface area contributed by atoms with E-state index in [1.807, 2.05) is 29.5 Å². The number of piperazine rings is 1. The summed E-state index contributed by atoms with van der Waals surface area (Å²) in [7, 11) is 0. The molecule has 1 fully saturated rings. The van der Waals surface area contributed by atoms with Crippen LogP contribution in [-0.2, 0) is 6.18 Å². The van der Waals surface area contributed by atoms with E-state index < -0.39 is 17.6 Å². The zero-order chi connectivity index (χ0) is 15.6. The van der Waals surface area contributed by atoms with Gasteiger partial charge in [-0.25, -0.2) is 0 Å². The number of hydrogen-bond acceptors (Lipinski definition) is 2. The third-order valence-electron chi connectivity index (χ3n) is 3.62. The summed E-state index contributed by atoms with van der Waals surface area (Å²) in [6.45, 7) is 5.26. The molecule has 1 heterocycles. The summed E-state index contributed by atoms with van der Waals surface area (Å²) in [5.74, 6) is -0.533. The monoisotopic (exact) mass is 412 g/mol. The molecule has 7 heteroatoms. The summed E-state index contributed by atoms with van der Waals surface area (Å²) in [6, 6.07) is 3.83. The molecular weight excluding hydrogens is 396 g/mol. The lowest BCUT2D eigenvalue weighted by Gasteiger charge is -2.34. The maximum Gasteiger partial charge on any atom is 0.417 e. The van der Waals surface area contributed by atoms with Crippen molar-refractivity contribution in [2.24, 2.45) is 0 Å². The maximum atomic E-state index is 13.1. The molecule has 1 aliphatic rings. The molecule has 0 unspecified atom stereocenters. The van der Waals surface area contributed by atoms with Crippen molar-refractivity contribution >= 4 is 28.5 Å². The van der Waals surface area contributed by atoms with Gasteiger partial charge in [0.1, 0.15) is 0 Å². The minimum absolute atomic E-state index is 0.257. The number of benzene rings is 1. The molecule has 0 atom stereocenters. The molecule has 0 saturated carbocycles. The molecule has 1 amide bonds. The van der Waals surface area contributed by atoms with Crippen LogP contribution in [-0.4, -0.2) is 48.4 Å². The molecule has 0 bridgehead atoms. The molecule has 21 heavy (non-hydrogen) atoms. The van der Waals surface area contributed by atoms with Gasteiger partial charge in [-0.05, 0) is 47.3 Å². The van der Waals surface area contributed by atoms with Crippen molar-refractivity contribution in [3.8, 4) is 0 Å². The van der Waals surface area contributed by atoms with Crippen LogP contribution in [0.15, 0.2) is 18.2 Å². The number of carbonyl (C=O) groups is 1. The molecule has 116 valence electrons. The Balaban J connectivity index is 2.24. The smallest absolute Gasteiger partial charge is 0.336 e. The number of amides is 1. The Labute approximate surface area is 135 Å². The maximum absolute atomic E-state index is 13.1. The third kappa shape index (κ3) is 3.88. The van der Waals surface area contributed by atoms with Crippen LogP contribution in [0.1, 0.15) is 22.8 Å². The minimum Gasteiger partial charge on any atom is -0.336 e. The number of alkyl halides is 3. The number of likely N-dealkylation sites (N-methyl/N-ethyl adjacent to an activating group) is 1. The van der Waals surface area contributed by atoms with Crippen molar-refractivity contribution in [1.82, 2.24) is 9.80 Å². The molecule has 0 aliphatic carbocycles. The molecule has 0 spiro atoms. The topological polar surface area (TPSA) is 23.6 Å². The van der Waals surface area contributed by atoms with Crippen LogP contribution < -0.4 is 0 Å². The fraction of sp³-hybridized carbons (Fsp3) is 0.500. The lowest BCUT2D eigenvalue weighted by Crippen LogP contribution is -2.48. The van der Waals surface area contributed by atoms with Gasteiger partial charge in [-0.1, -0.05) is 6.92 Å². The van der Waals surface area contributed by atoms with E-state index in [0.29, 0.717) is 29.7 Å². The van der Waals surface area contributed by atoms with Crippen LogP contribution in [0.3, 0.4) is 0 Å². The van der Waals surface area contributed by atoms with Crippen LogP contribution in [0.5, 0.6) is 0 Å². The molecule has 0 aromatic heterocycles. The lowest BCUT2D eigenvalue weighted by atomic mass is 10.1. The van der Waals surface area contributed by atoms with Crippen LogP contribution in [0, 0.1) is 3.57 Å². The highest BCUT2D eigenvalue weighted by atomic mass is 127. The van der Waals surface area contributed by atoms with Crippen molar-refractivity contribution in [2.45, 2.75) is 13.1 Å². The molecule has 3 nitrogen and oxygen atoms in total. The van der Waals surface area contributed by atoms with Gasteiger partial charge in [0, 0.05) is 29.7 Å². The van der Waals surface area contributed by atoms with Gasteiger partial charge in [0.15, 0.2) is 0 Å². The fourth-order valence-corrected chi connectivity index (χ4v) is 2.87. The fourth-order valence-electron chi connectivity index (χ4n) is 2.38. The quantitative estimate of drug-likeness (QED) is 0.698. The number of rotatable bonds is 2. The highest BCUT2D eigenvalue weighted by Gasteiger charge is 2.36. The summed E-state index contributed by atoms with van der Waals surface area (Å²) < 4.78 is 39.7. The number of nitrogens with zero attached hydrogens (tertiary/aromatic N) is 2. The lowest BCUT2D eigenvalue weighted by molar-refractivity contribution is -0.138. The van der Waals surface area contributed by atoms with E-state index >= 15 is 0 Å². The van der Waals surface area contributed by atoms with E-state index in [4.69, 9.17) is 0 Å². The van der Waals surface area contributed by atoms with E-state index in [1.165, 1.54) is 17.0 Å². The van der Waals surface area contributed by atoms with Gasteiger partial charge in [-0.3, -0.25) is 4.79 Å². The van der Waals surface area contributed by atoms with Gasteiger partial charge >= 0.3 is 6.18 Å². The van der Waals surface area contributed by atoms with Crippen molar-refractivity contribution < 1.29 is 18.0 Å². The SMILES string of the molecule is CCN1CCN(C(=O)c2ccc(I)cc2C(F)(F)F)CC1. The molecular formula is C14H16F3IN2O. The zero-order valence-corrected chi connectivity index (χ0v) is 13.7. The summed E-state index contributed by atoms with van der Waals surface area (Å²) in [6.07, 6.45) is -4.52. The highest BCUT2D eigenvalue weighted by Crippen LogP contribution is 2.33. The Hall–Kier alpha value is -0.830. The van der Waals surface area contributed by atoms with E-state index in [0.717, 1.165) is 12.6 Å². The summed E-state index contributed by atoms with van der Waals surface area (Å²) in [5, 5.41) is 0. The second-order valence-electron chi connectivity index (χ2n) is 4.91. The van der Waals surface area contributed by atoms with Gasteiger partial charge in [0.25, 0.3) is 5.91 Å². The van der Waals surface area contributed by atoms with Gasteiger partial charge in [0.2, 0.25) is 0 Å². The zero-order valence-electron chi connectivity index (χ0n) is 11.6. The number of hydrogen-bond donors (Lipinski definition) is 0. The Morgan fingerprint density at radius 2 is 1.86 bits per heavy atom. The van der Waals surface area contributed by atoms with Gasteiger partial charge in [-0.15, -0.1) is 0 Å². The predicted molar refractivity (Wildman–Crippen MR) is 82.2 cm³/mol. The van der Waals surface area contributed by atoms with Crippen LogP contribution >= 0.6 is 22.6 Å². The van der Waals surface area contributed by atoms with Crippen molar-refractivity contribution in [3.05, 3.63) is 32.9 Å². The van der Waals surface area contributed by atoms with Crippen molar-refractivity contribution in [1.29, 1.82) is 0 Å².